The van der Waals surface area contributed by atoms with Gasteiger partial charge in [0.05, 0.1) is 4.90 Å². The lowest BCUT2D eigenvalue weighted by molar-refractivity contribution is -0.137. The van der Waals surface area contributed by atoms with Gasteiger partial charge in [0.1, 0.15) is 23.5 Å². The fraction of sp³-hybridized carbons (Fsp3) is 0.324. The van der Waals surface area contributed by atoms with Gasteiger partial charge in [-0.05, 0) is 71.0 Å². The molecule has 3 aliphatic rings. The maximum atomic E-state index is 12.4. The number of para-hydroxylation sites is 1. The smallest absolute Gasteiger partial charge is 0.303 e. The predicted molar refractivity (Wildman–Crippen MR) is 178 cm³/mol. The van der Waals surface area contributed by atoms with Crippen LogP contribution in [-0.2, 0) is 25.5 Å². The standard InChI is InChI=1S/C37H37N3O5S/c1-7-24-25-15-14-23(46(6,44)45)17-29(25)36(2,3)30(24)18-26-34(22(20-38)21-39)27(35(26)43)19-32-37(4,5)28-11-8-9-12-31(28)40(32)16-10-13-33(41)42/h8-9,11-12,14-15,17-19,43H,7,10,13,16H2,1-6H3,(H,41,42)/b26-18-,32-19+. The van der Waals surface area contributed by atoms with Crippen molar-refractivity contribution in [3.63, 3.8) is 0 Å². The number of carbonyl (C=O) groups is 1. The van der Waals surface area contributed by atoms with Gasteiger partial charge in [0.15, 0.2) is 9.84 Å². The average molecular weight is 636 g/mol. The Morgan fingerprint density at radius 3 is 2.28 bits per heavy atom. The van der Waals surface area contributed by atoms with Gasteiger partial charge in [0.25, 0.3) is 0 Å². The van der Waals surface area contributed by atoms with Crippen LogP contribution in [0.3, 0.4) is 0 Å². The van der Waals surface area contributed by atoms with Gasteiger partial charge in [-0.3, -0.25) is 4.79 Å². The van der Waals surface area contributed by atoms with E-state index in [1.807, 2.05) is 75.4 Å². The summed E-state index contributed by atoms with van der Waals surface area (Å²) in [6.45, 7) is 10.6. The van der Waals surface area contributed by atoms with Gasteiger partial charge < -0.3 is 15.1 Å². The first kappa shape index (κ1) is 32.5. The van der Waals surface area contributed by atoms with E-state index in [2.05, 4.69) is 18.7 Å². The number of nitriles is 2. The molecule has 0 bridgehead atoms. The summed E-state index contributed by atoms with van der Waals surface area (Å²) in [4.78, 5) is 13.6. The van der Waals surface area contributed by atoms with Crippen LogP contribution in [0.25, 0.3) is 5.57 Å². The molecule has 5 rings (SSSR count). The summed E-state index contributed by atoms with van der Waals surface area (Å²) >= 11 is 0. The van der Waals surface area contributed by atoms with Crippen LogP contribution in [0.4, 0.5) is 5.69 Å². The van der Waals surface area contributed by atoms with Crippen LogP contribution < -0.4 is 4.90 Å². The molecule has 1 heterocycles. The second-order valence-corrected chi connectivity index (χ2v) is 15.0. The Morgan fingerprint density at radius 2 is 1.67 bits per heavy atom. The van der Waals surface area contributed by atoms with Crippen LogP contribution in [0, 0.1) is 22.7 Å². The van der Waals surface area contributed by atoms with Gasteiger partial charge >= 0.3 is 5.97 Å². The van der Waals surface area contributed by atoms with Crippen molar-refractivity contribution in [2.45, 2.75) is 69.6 Å². The zero-order valence-electron chi connectivity index (χ0n) is 26.9. The number of rotatable bonds is 8. The zero-order valence-corrected chi connectivity index (χ0v) is 27.7. The van der Waals surface area contributed by atoms with Crippen molar-refractivity contribution in [2.75, 3.05) is 17.7 Å². The van der Waals surface area contributed by atoms with Crippen LogP contribution in [0.15, 0.2) is 98.8 Å². The van der Waals surface area contributed by atoms with Gasteiger partial charge in [-0.25, -0.2) is 8.42 Å². The third kappa shape index (κ3) is 5.15. The number of anilines is 1. The molecule has 0 saturated heterocycles. The highest BCUT2D eigenvalue weighted by Crippen LogP contribution is 2.53. The number of carboxylic acid groups (broad SMARTS) is 1. The molecule has 0 fully saturated rings. The SMILES string of the molecule is CCC1=C(/C=C2C(O)=C(/C=C3/N(CCCC(=O)O)c4ccccc4C3(C)C)C\2=C(C#N)C#N)C(C)(C)c2cc(S(C)(=O)=O)ccc21. The molecule has 2 aromatic rings. The number of fused-ring (bicyclic) bond motifs is 2. The number of carboxylic acids is 1. The van der Waals surface area contributed by atoms with Gasteiger partial charge in [-0.2, -0.15) is 10.5 Å². The monoisotopic (exact) mass is 635 g/mol. The molecule has 46 heavy (non-hydrogen) atoms. The Bertz CT molecular complexity index is 2030. The molecule has 1 aliphatic heterocycles. The normalized spacial score (nSPS) is 19.6. The van der Waals surface area contributed by atoms with Crippen LogP contribution in [0.5, 0.6) is 0 Å². The number of aliphatic carboxylic acids is 1. The van der Waals surface area contributed by atoms with Crippen molar-refractivity contribution in [3.8, 4) is 12.1 Å². The Kier molecular flexibility index (Phi) is 8.13. The van der Waals surface area contributed by atoms with E-state index in [0.29, 0.717) is 36.1 Å². The Hall–Kier alpha value is -4.86. The summed E-state index contributed by atoms with van der Waals surface area (Å²) in [5, 5.41) is 40.9. The highest BCUT2D eigenvalue weighted by Gasteiger charge is 2.43. The summed E-state index contributed by atoms with van der Waals surface area (Å²) in [6.07, 6.45) is 5.89. The molecule has 0 radical (unpaired) electrons. The molecular formula is C37H37N3O5S. The Labute approximate surface area is 270 Å². The predicted octanol–water partition coefficient (Wildman–Crippen LogP) is 7.19. The third-order valence-corrected chi connectivity index (χ3v) is 10.5. The molecular weight excluding hydrogens is 598 g/mol. The topological polar surface area (TPSA) is 142 Å². The minimum absolute atomic E-state index is 0.00407. The van der Waals surface area contributed by atoms with Crippen LogP contribution in [0.2, 0.25) is 0 Å². The van der Waals surface area contributed by atoms with Gasteiger partial charge in [0, 0.05) is 58.2 Å². The van der Waals surface area contributed by atoms with Crippen molar-refractivity contribution >= 4 is 27.1 Å². The van der Waals surface area contributed by atoms with E-state index < -0.39 is 26.6 Å². The summed E-state index contributed by atoms with van der Waals surface area (Å²) < 4.78 is 24.8. The fourth-order valence-corrected chi connectivity index (χ4v) is 7.66. The fourth-order valence-electron chi connectivity index (χ4n) is 7.01. The number of hydrogen-bond donors (Lipinski definition) is 2. The van der Waals surface area contributed by atoms with Crippen LogP contribution in [0.1, 0.15) is 70.6 Å². The quantitative estimate of drug-likeness (QED) is 0.290. The van der Waals surface area contributed by atoms with E-state index in [1.165, 1.54) is 6.26 Å². The average Bonchev–Trinajstić information content (AvgIpc) is 3.35. The van der Waals surface area contributed by atoms with Crippen molar-refractivity contribution in [1.82, 2.24) is 0 Å². The molecule has 0 spiro atoms. The number of allylic oxidation sites excluding steroid dienone is 8. The number of hydrogen-bond acceptors (Lipinski definition) is 7. The van der Waals surface area contributed by atoms with E-state index in [4.69, 9.17) is 0 Å². The second-order valence-electron chi connectivity index (χ2n) is 13.0. The zero-order chi connectivity index (χ0) is 33.8. The molecule has 8 nitrogen and oxygen atoms in total. The summed E-state index contributed by atoms with van der Waals surface area (Å²) in [7, 11) is -3.43. The van der Waals surface area contributed by atoms with Gasteiger partial charge in [0.2, 0.25) is 0 Å². The number of aliphatic hydroxyl groups excluding tert-OH is 1. The second kappa shape index (κ2) is 11.5. The maximum absolute atomic E-state index is 12.4. The Balaban J connectivity index is 1.68. The molecule has 236 valence electrons. The first-order valence-corrected chi connectivity index (χ1v) is 17.1. The lowest BCUT2D eigenvalue weighted by Crippen LogP contribution is -2.28. The van der Waals surface area contributed by atoms with E-state index in [0.717, 1.165) is 39.2 Å². The van der Waals surface area contributed by atoms with Crippen molar-refractivity contribution in [2.24, 2.45) is 0 Å². The van der Waals surface area contributed by atoms with Gasteiger partial charge in [-0.15, -0.1) is 0 Å². The van der Waals surface area contributed by atoms with E-state index in [9.17, 15) is 33.9 Å². The van der Waals surface area contributed by atoms with Crippen molar-refractivity contribution in [1.29, 1.82) is 10.5 Å². The molecule has 9 heteroatoms. The van der Waals surface area contributed by atoms with E-state index in [1.54, 1.807) is 12.1 Å². The van der Waals surface area contributed by atoms with Crippen molar-refractivity contribution < 1.29 is 23.4 Å². The first-order chi connectivity index (χ1) is 21.6. The largest absolute Gasteiger partial charge is 0.507 e. The molecule has 0 saturated carbocycles. The van der Waals surface area contributed by atoms with E-state index in [-0.39, 0.29) is 22.6 Å². The Morgan fingerprint density at radius 1 is 1.00 bits per heavy atom. The maximum Gasteiger partial charge on any atom is 0.303 e. The van der Waals surface area contributed by atoms with Crippen LogP contribution >= 0.6 is 0 Å². The molecule has 2 aromatic carbocycles. The number of aliphatic hydroxyl groups is 1. The third-order valence-electron chi connectivity index (χ3n) is 9.43. The highest BCUT2D eigenvalue weighted by atomic mass is 32.2. The minimum Gasteiger partial charge on any atom is -0.507 e. The molecule has 0 aromatic heterocycles. The first-order valence-electron chi connectivity index (χ1n) is 15.2. The number of sulfone groups is 1. The molecule has 2 aliphatic carbocycles. The lowest BCUT2D eigenvalue weighted by atomic mass is 9.74. The summed E-state index contributed by atoms with van der Waals surface area (Å²) in [5.41, 5.74) is 6.32. The highest BCUT2D eigenvalue weighted by molar-refractivity contribution is 7.90. The molecule has 2 N–H and O–H groups in total. The summed E-state index contributed by atoms with van der Waals surface area (Å²) in [6, 6.07) is 17.1. The molecule has 0 atom stereocenters. The number of benzene rings is 2. The van der Waals surface area contributed by atoms with E-state index >= 15 is 0 Å². The number of nitrogens with zero attached hydrogens (tertiary/aromatic N) is 3. The van der Waals surface area contributed by atoms with Crippen molar-refractivity contribution in [3.05, 3.63) is 111 Å². The lowest BCUT2D eigenvalue weighted by Gasteiger charge is -2.32. The molecule has 0 amide bonds. The van der Waals surface area contributed by atoms with Crippen LogP contribution in [-0.4, -0.2) is 37.4 Å². The molecule has 0 unspecified atom stereocenters. The van der Waals surface area contributed by atoms with Gasteiger partial charge in [-0.1, -0.05) is 58.9 Å². The summed E-state index contributed by atoms with van der Waals surface area (Å²) in [5.74, 6) is -0.927. The minimum atomic E-state index is -3.43.